The third kappa shape index (κ3) is 5.06. The van der Waals surface area contributed by atoms with Crippen LogP contribution in [-0.4, -0.2) is 4.98 Å². The van der Waals surface area contributed by atoms with E-state index in [1.165, 1.54) is 70.9 Å². The molecular formula is C49H37N. The maximum Gasteiger partial charge on any atom is 0.0702 e. The zero-order valence-electron chi connectivity index (χ0n) is 28.6. The normalized spacial score (nSPS) is 11.9. The van der Waals surface area contributed by atoms with Crippen molar-refractivity contribution in [1.82, 2.24) is 4.98 Å². The summed E-state index contributed by atoms with van der Waals surface area (Å²) in [5.41, 5.74) is 10.9. The van der Waals surface area contributed by atoms with Crippen molar-refractivity contribution in [3.8, 4) is 44.6 Å². The van der Waals surface area contributed by atoms with Crippen LogP contribution in [0.4, 0.5) is 0 Å². The summed E-state index contributed by atoms with van der Waals surface area (Å²) in [5.74, 6) is 0. The summed E-state index contributed by atoms with van der Waals surface area (Å²) in [4.78, 5) is 4.87. The van der Waals surface area contributed by atoms with E-state index in [0.29, 0.717) is 0 Å². The van der Waals surface area contributed by atoms with Crippen LogP contribution in [0.5, 0.6) is 0 Å². The Labute approximate surface area is 293 Å². The van der Waals surface area contributed by atoms with Gasteiger partial charge in [-0.25, -0.2) is 0 Å². The Kier molecular flexibility index (Phi) is 7.10. The van der Waals surface area contributed by atoms with E-state index in [2.05, 4.69) is 185 Å². The molecular weight excluding hydrogens is 603 g/mol. The molecule has 1 nitrogen and oxygen atoms in total. The van der Waals surface area contributed by atoms with Gasteiger partial charge in [0.1, 0.15) is 0 Å². The molecule has 0 spiro atoms. The average molecular weight is 640 g/mol. The molecule has 0 fully saturated rings. The lowest BCUT2D eigenvalue weighted by Gasteiger charge is -2.24. The van der Waals surface area contributed by atoms with Crippen molar-refractivity contribution in [1.29, 1.82) is 0 Å². The van der Waals surface area contributed by atoms with Gasteiger partial charge in [-0.2, -0.15) is 0 Å². The third-order valence-electron chi connectivity index (χ3n) is 10.2. The molecule has 1 aromatic heterocycles. The van der Waals surface area contributed by atoms with Crippen LogP contribution in [0.25, 0.3) is 87.7 Å². The molecule has 1 heteroatoms. The predicted molar refractivity (Wildman–Crippen MR) is 215 cm³/mol. The van der Waals surface area contributed by atoms with Crippen LogP contribution in [0, 0.1) is 0 Å². The highest BCUT2D eigenvalue weighted by Crippen LogP contribution is 2.46. The van der Waals surface area contributed by atoms with E-state index >= 15 is 0 Å². The fourth-order valence-electron chi connectivity index (χ4n) is 7.81. The van der Waals surface area contributed by atoms with E-state index in [4.69, 9.17) is 4.98 Å². The lowest BCUT2D eigenvalue weighted by molar-refractivity contribution is 0.596. The second kappa shape index (κ2) is 11.8. The molecule has 0 radical (unpaired) electrons. The van der Waals surface area contributed by atoms with Gasteiger partial charge in [0, 0.05) is 17.3 Å². The van der Waals surface area contributed by atoms with Crippen molar-refractivity contribution in [3.63, 3.8) is 0 Å². The lowest BCUT2D eigenvalue weighted by Crippen LogP contribution is -2.11. The predicted octanol–water partition coefficient (Wildman–Crippen LogP) is 13.7. The van der Waals surface area contributed by atoms with Gasteiger partial charge in [-0.1, -0.05) is 172 Å². The summed E-state index contributed by atoms with van der Waals surface area (Å²) in [7, 11) is 0. The summed E-state index contributed by atoms with van der Waals surface area (Å²) in [6.07, 6.45) is 1.99. The van der Waals surface area contributed by atoms with Crippen molar-refractivity contribution in [3.05, 3.63) is 176 Å². The number of aromatic nitrogens is 1. The van der Waals surface area contributed by atoms with Crippen molar-refractivity contribution < 1.29 is 0 Å². The number of pyridine rings is 1. The third-order valence-corrected chi connectivity index (χ3v) is 10.2. The Morgan fingerprint density at radius 3 is 1.52 bits per heavy atom. The molecule has 9 rings (SSSR count). The van der Waals surface area contributed by atoms with Crippen LogP contribution in [0.2, 0.25) is 0 Å². The molecule has 0 aliphatic rings. The first kappa shape index (κ1) is 30.0. The number of hydrogen-bond acceptors (Lipinski definition) is 1. The Morgan fingerprint density at radius 1 is 0.380 bits per heavy atom. The first-order chi connectivity index (χ1) is 24.4. The molecule has 8 aromatic carbocycles. The number of rotatable bonds is 4. The van der Waals surface area contributed by atoms with Crippen molar-refractivity contribution in [2.45, 2.75) is 26.2 Å². The number of hydrogen-bond donors (Lipinski definition) is 0. The lowest BCUT2D eigenvalue weighted by atomic mass is 9.80. The summed E-state index contributed by atoms with van der Waals surface area (Å²) in [6.45, 7) is 6.91. The Hall–Kier alpha value is -6.05. The van der Waals surface area contributed by atoms with Crippen molar-refractivity contribution in [2.75, 3.05) is 0 Å². The molecule has 9 aromatic rings. The summed E-state index contributed by atoms with van der Waals surface area (Å²) >= 11 is 0. The standard InChI is InChI=1S/C49H37N/c1-49(2,3)45-28-27-44(38-14-6-7-15-39(38)45)48-42-18-10-8-16-40(42)47(41-17-9-11-19-43(41)48)34-23-20-33(21-24-34)37-26-29-46(50-31-37)36-25-22-32-12-4-5-13-35(32)30-36/h4-31H,1-3H3. The monoisotopic (exact) mass is 639 g/mol. The van der Waals surface area contributed by atoms with Gasteiger partial charge in [0.25, 0.3) is 0 Å². The first-order valence-electron chi connectivity index (χ1n) is 17.5. The van der Waals surface area contributed by atoms with Gasteiger partial charge in [-0.15, -0.1) is 0 Å². The summed E-state index contributed by atoms with van der Waals surface area (Å²) in [5, 5.41) is 10.2. The molecule has 0 amide bonds. The second-order valence-corrected chi connectivity index (χ2v) is 14.4. The number of fused-ring (bicyclic) bond motifs is 4. The van der Waals surface area contributed by atoms with Gasteiger partial charge < -0.3 is 0 Å². The maximum absolute atomic E-state index is 4.87. The quantitative estimate of drug-likeness (QED) is 0.175. The molecule has 50 heavy (non-hydrogen) atoms. The average Bonchev–Trinajstić information content (AvgIpc) is 3.16. The molecule has 0 N–H and O–H groups in total. The first-order valence-corrected chi connectivity index (χ1v) is 17.5. The van der Waals surface area contributed by atoms with Gasteiger partial charge in [0.15, 0.2) is 0 Å². The van der Waals surface area contributed by atoms with E-state index < -0.39 is 0 Å². The van der Waals surface area contributed by atoms with E-state index in [0.717, 1.165) is 22.4 Å². The minimum atomic E-state index is 0.0492. The molecule has 0 saturated heterocycles. The molecule has 0 aliphatic heterocycles. The molecule has 0 bridgehead atoms. The highest BCUT2D eigenvalue weighted by molar-refractivity contribution is 6.23. The fourth-order valence-corrected chi connectivity index (χ4v) is 7.81. The number of benzene rings is 8. The van der Waals surface area contributed by atoms with Gasteiger partial charge in [-0.05, 0) is 94.0 Å². The largest absolute Gasteiger partial charge is 0.256 e. The maximum atomic E-state index is 4.87. The smallest absolute Gasteiger partial charge is 0.0702 e. The zero-order chi connectivity index (χ0) is 33.8. The van der Waals surface area contributed by atoms with E-state index in [9.17, 15) is 0 Å². The Bertz CT molecular complexity index is 2650. The van der Waals surface area contributed by atoms with Crippen molar-refractivity contribution >= 4 is 43.1 Å². The van der Waals surface area contributed by atoms with E-state index in [-0.39, 0.29) is 5.41 Å². The minimum Gasteiger partial charge on any atom is -0.256 e. The molecule has 0 unspecified atom stereocenters. The fraction of sp³-hybridized carbons (Fsp3) is 0.0816. The van der Waals surface area contributed by atoms with Crippen molar-refractivity contribution in [2.24, 2.45) is 0 Å². The van der Waals surface area contributed by atoms with Crippen LogP contribution >= 0.6 is 0 Å². The van der Waals surface area contributed by atoms with Crippen LogP contribution in [0.1, 0.15) is 26.3 Å². The zero-order valence-corrected chi connectivity index (χ0v) is 28.6. The number of nitrogens with zero attached hydrogens (tertiary/aromatic N) is 1. The summed E-state index contributed by atoms with van der Waals surface area (Å²) in [6, 6.07) is 59.8. The molecule has 0 aliphatic carbocycles. The Morgan fingerprint density at radius 2 is 0.900 bits per heavy atom. The molecule has 1 heterocycles. The second-order valence-electron chi connectivity index (χ2n) is 14.4. The molecule has 0 saturated carbocycles. The highest BCUT2D eigenvalue weighted by Gasteiger charge is 2.21. The van der Waals surface area contributed by atoms with Gasteiger partial charge in [0.05, 0.1) is 5.69 Å². The van der Waals surface area contributed by atoms with E-state index in [1.54, 1.807) is 0 Å². The molecule has 0 atom stereocenters. The van der Waals surface area contributed by atoms with Gasteiger partial charge in [-0.3, -0.25) is 4.98 Å². The molecule has 238 valence electrons. The highest BCUT2D eigenvalue weighted by atomic mass is 14.7. The Balaban J connectivity index is 1.15. The topological polar surface area (TPSA) is 12.9 Å². The minimum absolute atomic E-state index is 0.0492. The van der Waals surface area contributed by atoms with Gasteiger partial charge in [0.2, 0.25) is 0 Å². The van der Waals surface area contributed by atoms with Crippen LogP contribution in [0.3, 0.4) is 0 Å². The van der Waals surface area contributed by atoms with Crippen LogP contribution < -0.4 is 0 Å². The summed E-state index contributed by atoms with van der Waals surface area (Å²) < 4.78 is 0. The SMILES string of the molecule is CC(C)(C)c1ccc(-c2c3ccccc3c(-c3ccc(-c4ccc(-c5ccc6ccccc6c5)nc4)cc3)c3ccccc23)c2ccccc12. The van der Waals surface area contributed by atoms with Gasteiger partial charge >= 0.3 is 0 Å². The van der Waals surface area contributed by atoms with Crippen LogP contribution in [-0.2, 0) is 5.41 Å². The van der Waals surface area contributed by atoms with E-state index in [1.807, 2.05) is 6.20 Å². The van der Waals surface area contributed by atoms with Crippen LogP contribution in [0.15, 0.2) is 170 Å².